The Hall–Kier alpha value is -2.37. The maximum atomic E-state index is 13.3. The third-order valence-corrected chi connectivity index (χ3v) is 4.61. The molecule has 1 aromatic heterocycles. The Kier molecular flexibility index (Phi) is 2.92. The quantitative estimate of drug-likeness (QED) is 0.896. The lowest BCUT2D eigenvalue weighted by Gasteiger charge is -2.34. The Morgan fingerprint density at radius 1 is 1.45 bits per heavy atom. The van der Waals surface area contributed by atoms with Crippen molar-refractivity contribution >= 4 is 17.4 Å². The molecule has 1 saturated heterocycles. The van der Waals surface area contributed by atoms with Crippen LogP contribution >= 0.6 is 0 Å². The Balaban J connectivity index is 1.70. The molecule has 1 fully saturated rings. The van der Waals surface area contributed by atoms with E-state index in [2.05, 4.69) is 15.5 Å². The fourth-order valence-electron chi connectivity index (χ4n) is 3.78. The zero-order chi connectivity index (χ0) is 15.3. The summed E-state index contributed by atoms with van der Waals surface area (Å²) in [5.41, 5.74) is 2.79. The van der Waals surface area contributed by atoms with E-state index in [1.807, 2.05) is 4.90 Å². The van der Waals surface area contributed by atoms with E-state index in [1.165, 1.54) is 12.1 Å². The van der Waals surface area contributed by atoms with Crippen LogP contribution in [-0.2, 0) is 11.2 Å². The Labute approximate surface area is 127 Å². The molecule has 0 aliphatic carbocycles. The molecule has 1 aromatic carbocycles. The molecule has 0 radical (unpaired) electrons. The number of nitrogens with zero attached hydrogens (tertiary/aromatic N) is 2. The van der Waals surface area contributed by atoms with Gasteiger partial charge in [0.1, 0.15) is 5.82 Å². The molecule has 4 rings (SSSR count). The molecule has 2 aliphatic rings. The summed E-state index contributed by atoms with van der Waals surface area (Å²) >= 11 is 0. The maximum absolute atomic E-state index is 13.3. The molecule has 3 heterocycles. The number of nitrogens with one attached hydrogen (secondary N) is 2. The smallest absolute Gasteiger partial charge is 0.220 e. The van der Waals surface area contributed by atoms with E-state index in [0.29, 0.717) is 11.5 Å². The fraction of sp³-hybridized carbons (Fsp3) is 0.375. The lowest BCUT2D eigenvalue weighted by molar-refractivity contribution is -0.132. The summed E-state index contributed by atoms with van der Waals surface area (Å²) in [5, 5.41) is 10.6. The SMILES string of the molecule is CC(=O)N1C2CCC1c1c(Nc3cccc(F)c3)n[nH]c1C2. The van der Waals surface area contributed by atoms with Gasteiger partial charge in [-0.25, -0.2) is 4.39 Å². The van der Waals surface area contributed by atoms with Crippen LogP contribution in [0.1, 0.15) is 37.1 Å². The van der Waals surface area contributed by atoms with Crippen molar-refractivity contribution in [3.63, 3.8) is 0 Å². The standard InChI is InChI=1S/C16H17FN4O/c1-9(22)21-12-5-6-14(21)15-13(8-12)19-20-16(15)18-11-4-2-3-10(17)7-11/h2-4,7,12,14H,5-6,8H2,1H3,(H2,18,19,20). The van der Waals surface area contributed by atoms with Crippen molar-refractivity contribution in [3.05, 3.63) is 41.3 Å². The minimum Gasteiger partial charge on any atom is -0.338 e. The Morgan fingerprint density at radius 2 is 2.32 bits per heavy atom. The molecule has 2 aliphatic heterocycles. The predicted molar refractivity (Wildman–Crippen MR) is 80.3 cm³/mol. The van der Waals surface area contributed by atoms with Gasteiger partial charge < -0.3 is 10.2 Å². The molecule has 2 N–H and O–H groups in total. The maximum Gasteiger partial charge on any atom is 0.220 e. The summed E-state index contributed by atoms with van der Waals surface area (Å²) in [7, 11) is 0. The number of H-pyrrole nitrogens is 1. The molecule has 2 unspecified atom stereocenters. The van der Waals surface area contributed by atoms with Crippen LogP contribution in [0, 0.1) is 5.82 Å². The number of carbonyl (C=O) groups is 1. The molecular formula is C16H17FN4O. The summed E-state index contributed by atoms with van der Waals surface area (Å²) in [5.74, 6) is 0.508. The highest BCUT2D eigenvalue weighted by atomic mass is 19.1. The number of rotatable bonds is 2. The molecule has 22 heavy (non-hydrogen) atoms. The topological polar surface area (TPSA) is 61.0 Å². The molecule has 6 heteroatoms. The van der Waals surface area contributed by atoms with Gasteiger partial charge in [-0.05, 0) is 31.0 Å². The van der Waals surface area contributed by atoms with Crippen LogP contribution in [0.3, 0.4) is 0 Å². The van der Waals surface area contributed by atoms with E-state index < -0.39 is 0 Å². The van der Waals surface area contributed by atoms with Crippen LogP contribution in [0.5, 0.6) is 0 Å². The van der Waals surface area contributed by atoms with Gasteiger partial charge in [-0.2, -0.15) is 5.10 Å². The number of aromatic nitrogens is 2. The number of aromatic amines is 1. The molecule has 2 atom stereocenters. The molecule has 114 valence electrons. The average Bonchev–Trinajstić information content (AvgIpc) is 3.01. The van der Waals surface area contributed by atoms with Gasteiger partial charge in [0.15, 0.2) is 5.82 Å². The fourth-order valence-corrected chi connectivity index (χ4v) is 3.78. The number of halogens is 1. The second-order valence-corrected chi connectivity index (χ2v) is 5.98. The van der Waals surface area contributed by atoms with E-state index >= 15 is 0 Å². The van der Waals surface area contributed by atoms with Crippen molar-refractivity contribution < 1.29 is 9.18 Å². The van der Waals surface area contributed by atoms with Gasteiger partial charge in [-0.3, -0.25) is 9.89 Å². The van der Waals surface area contributed by atoms with E-state index in [1.54, 1.807) is 19.1 Å². The van der Waals surface area contributed by atoms with Gasteiger partial charge in [0.25, 0.3) is 0 Å². The molecular weight excluding hydrogens is 283 g/mol. The first-order valence-corrected chi connectivity index (χ1v) is 7.52. The van der Waals surface area contributed by atoms with Crippen molar-refractivity contribution in [2.75, 3.05) is 5.32 Å². The lowest BCUT2D eigenvalue weighted by Crippen LogP contribution is -2.40. The van der Waals surface area contributed by atoms with Crippen LogP contribution in [-0.4, -0.2) is 27.0 Å². The van der Waals surface area contributed by atoms with Gasteiger partial charge in [-0.1, -0.05) is 6.07 Å². The van der Waals surface area contributed by atoms with Gasteiger partial charge in [-0.15, -0.1) is 0 Å². The second kappa shape index (κ2) is 4.83. The molecule has 0 saturated carbocycles. The van der Waals surface area contributed by atoms with Crippen molar-refractivity contribution in [1.82, 2.24) is 15.1 Å². The highest BCUT2D eigenvalue weighted by Crippen LogP contribution is 2.46. The lowest BCUT2D eigenvalue weighted by atomic mass is 9.99. The first-order chi connectivity index (χ1) is 10.6. The molecule has 0 spiro atoms. The first-order valence-electron chi connectivity index (χ1n) is 7.52. The Morgan fingerprint density at radius 3 is 3.09 bits per heavy atom. The van der Waals surface area contributed by atoms with Gasteiger partial charge in [0.2, 0.25) is 5.91 Å². The summed E-state index contributed by atoms with van der Waals surface area (Å²) in [6, 6.07) is 6.64. The predicted octanol–water partition coefficient (Wildman–Crippen LogP) is 2.90. The van der Waals surface area contributed by atoms with Gasteiger partial charge in [0, 0.05) is 36.3 Å². The van der Waals surface area contributed by atoms with Crippen molar-refractivity contribution in [3.8, 4) is 0 Å². The normalized spacial score (nSPS) is 22.5. The summed E-state index contributed by atoms with van der Waals surface area (Å²) in [6.45, 7) is 1.62. The van der Waals surface area contributed by atoms with E-state index in [9.17, 15) is 9.18 Å². The van der Waals surface area contributed by atoms with Crippen LogP contribution < -0.4 is 5.32 Å². The first kappa shape index (κ1) is 13.3. The van der Waals surface area contributed by atoms with Crippen LogP contribution in [0.2, 0.25) is 0 Å². The van der Waals surface area contributed by atoms with E-state index in [-0.39, 0.29) is 23.8 Å². The minimum atomic E-state index is -0.291. The zero-order valence-electron chi connectivity index (χ0n) is 12.3. The number of carbonyl (C=O) groups excluding carboxylic acids is 1. The zero-order valence-corrected chi connectivity index (χ0v) is 12.3. The van der Waals surface area contributed by atoms with Gasteiger partial charge in [0.05, 0.1) is 6.04 Å². The highest BCUT2D eigenvalue weighted by Gasteiger charge is 2.43. The van der Waals surface area contributed by atoms with Gasteiger partial charge >= 0.3 is 0 Å². The molecule has 5 nitrogen and oxygen atoms in total. The third-order valence-electron chi connectivity index (χ3n) is 4.61. The largest absolute Gasteiger partial charge is 0.338 e. The van der Waals surface area contributed by atoms with Crippen LogP contribution in [0.4, 0.5) is 15.9 Å². The number of benzene rings is 1. The summed E-state index contributed by atoms with van der Waals surface area (Å²) in [6.07, 6.45) is 2.78. The summed E-state index contributed by atoms with van der Waals surface area (Å²) < 4.78 is 13.3. The molecule has 2 aromatic rings. The molecule has 1 amide bonds. The minimum absolute atomic E-state index is 0.0704. The number of amides is 1. The Bertz CT molecular complexity index is 741. The summed E-state index contributed by atoms with van der Waals surface area (Å²) in [4.78, 5) is 13.9. The number of hydrogen-bond acceptors (Lipinski definition) is 3. The number of hydrogen-bond donors (Lipinski definition) is 2. The van der Waals surface area contributed by atoms with Crippen molar-refractivity contribution in [2.24, 2.45) is 0 Å². The monoisotopic (exact) mass is 300 g/mol. The van der Waals surface area contributed by atoms with Crippen LogP contribution in [0.25, 0.3) is 0 Å². The average molecular weight is 300 g/mol. The van der Waals surface area contributed by atoms with Crippen molar-refractivity contribution in [2.45, 2.75) is 38.3 Å². The molecule has 2 bridgehead atoms. The van der Waals surface area contributed by atoms with Crippen LogP contribution in [0.15, 0.2) is 24.3 Å². The highest BCUT2D eigenvalue weighted by molar-refractivity contribution is 5.76. The van der Waals surface area contributed by atoms with E-state index in [4.69, 9.17) is 0 Å². The number of fused-ring (bicyclic) bond motifs is 4. The number of anilines is 2. The van der Waals surface area contributed by atoms with Crippen molar-refractivity contribution in [1.29, 1.82) is 0 Å². The van der Waals surface area contributed by atoms with E-state index in [0.717, 1.165) is 30.5 Å². The third kappa shape index (κ3) is 1.98. The second-order valence-electron chi connectivity index (χ2n) is 5.98.